The van der Waals surface area contributed by atoms with Gasteiger partial charge in [-0.25, -0.2) is 4.79 Å². The maximum absolute atomic E-state index is 12.8. The number of quaternary nitrogens is 1. The second-order valence-corrected chi connectivity index (χ2v) is 7.26. The molecule has 0 radical (unpaired) electrons. The molecule has 1 saturated heterocycles. The third-order valence-corrected chi connectivity index (χ3v) is 4.88. The number of benzene rings is 2. The van der Waals surface area contributed by atoms with E-state index in [9.17, 15) is 14.4 Å². The molecule has 2 atom stereocenters. The van der Waals surface area contributed by atoms with E-state index in [1.165, 1.54) is 0 Å². The van der Waals surface area contributed by atoms with Gasteiger partial charge in [-0.3, -0.25) is 15.0 Å². The largest absolute Gasteiger partial charge is 0.497 e. The molecule has 3 rings (SSSR count). The zero-order valence-corrected chi connectivity index (χ0v) is 16.7. The summed E-state index contributed by atoms with van der Waals surface area (Å²) in [7, 11) is 3.46. The minimum atomic E-state index is -1.22. The molecule has 1 aliphatic heterocycles. The summed E-state index contributed by atoms with van der Waals surface area (Å²) in [5.41, 5.74) is 2.88. The lowest BCUT2D eigenvalue weighted by molar-refractivity contribution is -0.885. The Morgan fingerprint density at radius 3 is 2.59 bits per heavy atom. The van der Waals surface area contributed by atoms with Crippen LogP contribution in [0.25, 0.3) is 0 Å². The van der Waals surface area contributed by atoms with Crippen LogP contribution in [-0.2, 0) is 21.7 Å². The van der Waals surface area contributed by atoms with Crippen LogP contribution in [-0.4, -0.2) is 43.6 Å². The van der Waals surface area contributed by atoms with Crippen molar-refractivity contribution in [2.45, 2.75) is 19.0 Å². The van der Waals surface area contributed by atoms with Crippen molar-refractivity contribution in [2.24, 2.45) is 0 Å². The van der Waals surface area contributed by atoms with Crippen molar-refractivity contribution in [3.63, 3.8) is 0 Å². The molecule has 0 bridgehead atoms. The summed E-state index contributed by atoms with van der Waals surface area (Å²) in [5.74, 6) is -0.196. The molecule has 0 spiro atoms. The first-order chi connectivity index (χ1) is 13.8. The van der Waals surface area contributed by atoms with Gasteiger partial charge in [0.05, 0.1) is 14.2 Å². The van der Waals surface area contributed by atoms with Crippen molar-refractivity contribution in [3.05, 3.63) is 65.7 Å². The van der Waals surface area contributed by atoms with E-state index in [-0.39, 0.29) is 6.54 Å². The fourth-order valence-corrected chi connectivity index (χ4v) is 3.34. The average Bonchev–Trinajstić information content (AvgIpc) is 2.92. The fraction of sp³-hybridized carbons (Fsp3) is 0.286. The van der Waals surface area contributed by atoms with Gasteiger partial charge in [-0.05, 0) is 24.6 Å². The highest BCUT2D eigenvalue weighted by Gasteiger charge is 2.50. The number of carbonyl (C=O) groups excluding carboxylic acids is 3. The highest BCUT2D eigenvalue weighted by Crippen LogP contribution is 2.27. The van der Waals surface area contributed by atoms with Crippen LogP contribution < -0.4 is 20.4 Å². The zero-order valence-electron chi connectivity index (χ0n) is 16.7. The van der Waals surface area contributed by atoms with Gasteiger partial charge >= 0.3 is 6.03 Å². The maximum Gasteiger partial charge on any atom is 0.344 e. The summed E-state index contributed by atoms with van der Waals surface area (Å²) in [6, 6.07) is 15.9. The van der Waals surface area contributed by atoms with Gasteiger partial charge in [-0.15, -0.1) is 0 Å². The molecule has 1 heterocycles. The Hall–Kier alpha value is -3.39. The molecule has 1 unspecified atom stereocenters. The van der Waals surface area contributed by atoms with Crippen LogP contribution in [0.15, 0.2) is 54.6 Å². The number of likely N-dealkylation sites (N-methyl/N-ethyl adjacent to an activating group) is 1. The van der Waals surface area contributed by atoms with E-state index in [2.05, 4.69) is 10.7 Å². The SMILES string of the molecule is COc1cccc(C[NH+](C)CC(=O)NN2C(=O)N[C@](C)(c3ccccc3)C2=O)c1. The molecule has 1 fully saturated rings. The average molecular weight is 397 g/mol. The smallest absolute Gasteiger partial charge is 0.344 e. The van der Waals surface area contributed by atoms with Gasteiger partial charge in [-0.1, -0.05) is 42.5 Å². The van der Waals surface area contributed by atoms with Crippen molar-refractivity contribution in [3.8, 4) is 5.75 Å². The molecular weight excluding hydrogens is 372 g/mol. The molecule has 152 valence electrons. The Labute approximate surface area is 169 Å². The quantitative estimate of drug-likeness (QED) is 0.583. The minimum absolute atomic E-state index is 0.0936. The van der Waals surface area contributed by atoms with Gasteiger partial charge in [-0.2, -0.15) is 5.01 Å². The summed E-state index contributed by atoms with van der Waals surface area (Å²) >= 11 is 0. The number of ether oxygens (including phenoxy) is 1. The van der Waals surface area contributed by atoms with Gasteiger partial charge in [0.25, 0.3) is 11.8 Å². The fourth-order valence-electron chi connectivity index (χ4n) is 3.34. The number of hydrazine groups is 1. The topological polar surface area (TPSA) is 92.2 Å². The maximum atomic E-state index is 12.8. The zero-order chi connectivity index (χ0) is 21.0. The first kappa shape index (κ1) is 20.3. The van der Waals surface area contributed by atoms with Gasteiger partial charge in [0, 0.05) is 5.56 Å². The van der Waals surface area contributed by atoms with Crippen LogP contribution in [0.1, 0.15) is 18.1 Å². The first-order valence-corrected chi connectivity index (χ1v) is 9.29. The summed E-state index contributed by atoms with van der Waals surface area (Å²) in [6.45, 7) is 2.30. The summed E-state index contributed by atoms with van der Waals surface area (Å²) < 4.78 is 5.21. The van der Waals surface area contributed by atoms with Crippen LogP contribution in [0.3, 0.4) is 0 Å². The van der Waals surface area contributed by atoms with Crippen LogP contribution in [0.2, 0.25) is 0 Å². The van der Waals surface area contributed by atoms with Crippen molar-refractivity contribution < 1.29 is 24.0 Å². The lowest BCUT2D eigenvalue weighted by Crippen LogP contribution is -3.09. The minimum Gasteiger partial charge on any atom is -0.497 e. The Morgan fingerprint density at radius 2 is 1.90 bits per heavy atom. The number of nitrogens with zero attached hydrogens (tertiary/aromatic N) is 1. The number of methoxy groups -OCH3 is 1. The predicted molar refractivity (Wildman–Crippen MR) is 106 cm³/mol. The summed E-state index contributed by atoms with van der Waals surface area (Å²) in [4.78, 5) is 38.5. The molecule has 1 aliphatic rings. The first-order valence-electron chi connectivity index (χ1n) is 9.29. The van der Waals surface area contributed by atoms with E-state index in [1.54, 1.807) is 38.3 Å². The second kappa shape index (κ2) is 8.32. The normalized spacial score (nSPS) is 19.6. The van der Waals surface area contributed by atoms with Crippen LogP contribution in [0.4, 0.5) is 4.79 Å². The predicted octanol–water partition coefficient (Wildman–Crippen LogP) is 0.208. The van der Waals surface area contributed by atoms with Gasteiger partial charge in [0.15, 0.2) is 6.54 Å². The number of amides is 4. The van der Waals surface area contributed by atoms with Crippen molar-refractivity contribution in [1.82, 2.24) is 15.8 Å². The number of carbonyl (C=O) groups is 3. The monoisotopic (exact) mass is 397 g/mol. The number of nitrogens with one attached hydrogen (secondary N) is 3. The third-order valence-electron chi connectivity index (χ3n) is 4.88. The standard InChI is InChI=1S/C21H24N4O4/c1-21(16-9-5-4-6-10-16)19(27)25(20(28)22-21)23-18(26)14-24(2)13-15-8-7-11-17(12-15)29-3/h4-12H,13-14H2,1-3H3,(H,22,28)(H,23,26)/p+1/t21-/m1/s1. The highest BCUT2D eigenvalue weighted by molar-refractivity contribution is 6.08. The van der Waals surface area contributed by atoms with Gasteiger partial charge < -0.3 is 15.0 Å². The molecule has 0 aromatic heterocycles. The third kappa shape index (κ3) is 4.38. The Bertz CT molecular complexity index is 918. The van der Waals surface area contributed by atoms with E-state index < -0.39 is 23.4 Å². The molecule has 4 amide bonds. The lowest BCUT2D eigenvalue weighted by Gasteiger charge is -2.22. The van der Waals surface area contributed by atoms with Crippen molar-refractivity contribution in [1.29, 1.82) is 0 Å². The number of hydrogen-bond acceptors (Lipinski definition) is 4. The van der Waals surface area contributed by atoms with E-state index in [0.29, 0.717) is 12.1 Å². The number of urea groups is 1. The number of imide groups is 1. The molecule has 8 nitrogen and oxygen atoms in total. The molecule has 8 heteroatoms. The summed E-state index contributed by atoms with van der Waals surface area (Å²) in [5, 5.41) is 3.42. The van der Waals surface area contributed by atoms with Gasteiger partial charge in [0.2, 0.25) is 0 Å². The van der Waals surface area contributed by atoms with Crippen molar-refractivity contribution in [2.75, 3.05) is 20.7 Å². The Balaban J connectivity index is 1.61. The van der Waals surface area contributed by atoms with Gasteiger partial charge in [0.1, 0.15) is 17.8 Å². The molecule has 2 aromatic rings. The second-order valence-electron chi connectivity index (χ2n) is 7.26. The number of rotatable bonds is 7. The molecule has 3 N–H and O–H groups in total. The Kier molecular flexibility index (Phi) is 5.84. The van der Waals surface area contributed by atoms with Crippen LogP contribution in [0, 0.1) is 0 Å². The van der Waals surface area contributed by atoms with E-state index in [4.69, 9.17) is 4.74 Å². The highest BCUT2D eigenvalue weighted by atomic mass is 16.5. The van der Waals surface area contributed by atoms with Crippen molar-refractivity contribution >= 4 is 17.8 Å². The molecule has 2 aromatic carbocycles. The molecule has 29 heavy (non-hydrogen) atoms. The lowest BCUT2D eigenvalue weighted by atomic mass is 9.92. The van der Waals surface area contributed by atoms with E-state index in [0.717, 1.165) is 21.2 Å². The number of hydrogen-bond donors (Lipinski definition) is 3. The Morgan fingerprint density at radius 1 is 1.17 bits per heavy atom. The summed E-state index contributed by atoms with van der Waals surface area (Å²) in [6.07, 6.45) is 0. The molecule has 0 aliphatic carbocycles. The van der Waals surface area contributed by atoms with E-state index >= 15 is 0 Å². The van der Waals surface area contributed by atoms with Crippen LogP contribution in [0.5, 0.6) is 5.75 Å². The molecule has 0 saturated carbocycles. The van der Waals surface area contributed by atoms with Crippen LogP contribution >= 0.6 is 0 Å². The molecular formula is C21H25N4O4+. The van der Waals surface area contributed by atoms with E-state index in [1.807, 2.05) is 37.4 Å².